The summed E-state index contributed by atoms with van der Waals surface area (Å²) in [5.74, 6) is -0.835. The molecule has 0 aliphatic rings. The lowest BCUT2D eigenvalue weighted by Crippen LogP contribution is -2.33. The summed E-state index contributed by atoms with van der Waals surface area (Å²) in [6.45, 7) is -0.243. The molecular weight excluding hydrogens is 382 g/mol. The van der Waals surface area contributed by atoms with Gasteiger partial charge >= 0.3 is 0 Å². The van der Waals surface area contributed by atoms with Crippen molar-refractivity contribution in [2.75, 3.05) is 11.9 Å². The number of carbonyl (C=O) groups is 3. The molecule has 7 nitrogen and oxygen atoms in total. The highest BCUT2D eigenvalue weighted by molar-refractivity contribution is 5.98. The third kappa shape index (κ3) is 5.68. The number of amides is 3. The molecular formula is C23H21N3O4. The molecule has 0 heterocycles. The van der Waals surface area contributed by atoms with Gasteiger partial charge in [0.2, 0.25) is 12.0 Å². The maximum absolute atomic E-state index is 12.9. The third-order valence-electron chi connectivity index (χ3n) is 4.18. The number of rotatable bonds is 8. The summed E-state index contributed by atoms with van der Waals surface area (Å²) in [6.07, 6.45) is -0.854. The number of carbonyl (C=O) groups excluding carboxylic acids is 3. The van der Waals surface area contributed by atoms with Crippen LogP contribution in [0.3, 0.4) is 0 Å². The molecule has 0 bridgehead atoms. The van der Waals surface area contributed by atoms with Gasteiger partial charge < -0.3 is 21.1 Å². The fourth-order valence-electron chi connectivity index (χ4n) is 2.72. The Balaban J connectivity index is 1.72. The normalized spacial score (nSPS) is 11.2. The second-order valence-corrected chi connectivity index (χ2v) is 6.44. The lowest BCUT2D eigenvalue weighted by Gasteiger charge is -2.19. The van der Waals surface area contributed by atoms with Crippen molar-refractivity contribution in [1.82, 2.24) is 5.32 Å². The molecule has 3 rings (SSSR count). The highest BCUT2D eigenvalue weighted by Gasteiger charge is 2.23. The van der Waals surface area contributed by atoms with Crippen LogP contribution in [0.2, 0.25) is 0 Å². The van der Waals surface area contributed by atoms with Gasteiger partial charge in [0.15, 0.2) is 0 Å². The van der Waals surface area contributed by atoms with E-state index in [0.717, 1.165) is 0 Å². The van der Waals surface area contributed by atoms with Crippen LogP contribution in [0.5, 0.6) is 5.75 Å². The van der Waals surface area contributed by atoms with E-state index in [1.165, 1.54) is 0 Å². The molecule has 4 N–H and O–H groups in total. The van der Waals surface area contributed by atoms with Gasteiger partial charge in [-0.15, -0.1) is 0 Å². The first-order chi connectivity index (χ1) is 14.5. The molecule has 1 atom stereocenters. The SMILES string of the molecule is NC(=O)CNC(=O)c1ccc(NC(=O)C(Oc2ccccc2)c2ccccc2)cc1. The first-order valence-corrected chi connectivity index (χ1v) is 9.27. The number of nitrogens with one attached hydrogen (secondary N) is 2. The third-order valence-corrected chi connectivity index (χ3v) is 4.18. The molecule has 3 aromatic rings. The molecule has 30 heavy (non-hydrogen) atoms. The van der Waals surface area contributed by atoms with E-state index >= 15 is 0 Å². The predicted octanol–water partition coefficient (Wildman–Crippen LogP) is 2.66. The van der Waals surface area contributed by atoms with Crippen LogP contribution in [-0.2, 0) is 9.59 Å². The maximum atomic E-state index is 12.9. The molecule has 0 aliphatic carbocycles. The Morgan fingerprint density at radius 1 is 0.833 bits per heavy atom. The van der Waals surface area contributed by atoms with E-state index in [2.05, 4.69) is 10.6 Å². The van der Waals surface area contributed by atoms with Gasteiger partial charge in [-0.25, -0.2) is 0 Å². The number of primary amides is 1. The average Bonchev–Trinajstić information content (AvgIpc) is 2.77. The number of benzene rings is 3. The van der Waals surface area contributed by atoms with E-state index in [4.69, 9.17) is 10.5 Å². The summed E-state index contributed by atoms with van der Waals surface area (Å²) in [5, 5.41) is 5.21. The fourth-order valence-corrected chi connectivity index (χ4v) is 2.72. The molecule has 0 saturated heterocycles. The number of hydrogen-bond acceptors (Lipinski definition) is 4. The van der Waals surface area contributed by atoms with E-state index in [1.54, 1.807) is 36.4 Å². The molecule has 0 fully saturated rings. The van der Waals surface area contributed by atoms with Gasteiger partial charge in [0.1, 0.15) is 5.75 Å². The van der Waals surface area contributed by atoms with Crippen LogP contribution < -0.4 is 21.1 Å². The predicted molar refractivity (Wildman–Crippen MR) is 113 cm³/mol. The van der Waals surface area contributed by atoms with Crippen LogP contribution in [0.25, 0.3) is 0 Å². The van der Waals surface area contributed by atoms with Crippen molar-refractivity contribution in [3.63, 3.8) is 0 Å². The maximum Gasteiger partial charge on any atom is 0.270 e. The molecule has 7 heteroatoms. The summed E-state index contributed by atoms with van der Waals surface area (Å²) < 4.78 is 5.93. The average molecular weight is 403 g/mol. The summed E-state index contributed by atoms with van der Waals surface area (Å²) >= 11 is 0. The largest absolute Gasteiger partial charge is 0.476 e. The van der Waals surface area contributed by atoms with E-state index in [0.29, 0.717) is 22.6 Å². The molecule has 0 aromatic heterocycles. The highest BCUT2D eigenvalue weighted by Crippen LogP contribution is 2.23. The van der Waals surface area contributed by atoms with Gasteiger partial charge in [-0.05, 0) is 36.4 Å². The van der Waals surface area contributed by atoms with E-state index in [1.807, 2.05) is 48.5 Å². The van der Waals surface area contributed by atoms with E-state index in [9.17, 15) is 14.4 Å². The van der Waals surface area contributed by atoms with Crippen LogP contribution in [0.4, 0.5) is 5.69 Å². The zero-order valence-electron chi connectivity index (χ0n) is 16.1. The standard InChI is InChI=1S/C23H21N3O4/c24-20(27)15-25-22(28)17-11-13-18(14-12-17)26-23(29)21(16-7-3-1-4-8-16)30-19-9-5-2-6-10-19/h1-14,21H,15H2,(H2,24,27)(H,25,28)(H,26,29). The summed E-state index contributed by atoms with van der Waals surface area (Å²) in [5.41, 5.74) is 6.57. The van der Waals surface area contributed by atoms with Gasteiger partial charge in [-0.1, -0.05) is 48.5 Å². The number of anilines is 1. The van der Waals surface area contributed by atoms with Crippen LogP contribution in [0.15, 0.2) is 84.9 Å². The second kappa shape index (κ2) is 9.88. The summed E-state index contributed by atoms with van der Waals surface area (Å²) in [4.78, 5) is 35.7. The Bertz CT molecular complexity index is 1010. The molecule has 0 saturated carbocycles. The van der Waals surface area contributed by atoms with Crippen molar-refractivity contribution in [1.29, 1.82) is 0 Å². The van der Waals surface area contributed by atoms with Crippen molar-refractivity contribution in [3.05, 3.63) is 96.1 Å². The van der Waals surface area contributed by atoms with Gasteiger partial charge in [-0.2, -0.15) is 0 Å². The fraction of sp³-hybridized carbons (Fsp3) is 0.0870. The quantitative estimate of drug-likeness (QED) is 0.537. The number of ether oxygens (including phenoxy) is 1. The van der Waals surface area contributed by atoms with Crippen molar-refractivity contribution >= 4 is 23.4 Å². The zero-order valence-corrected chi connectivity index (χ0v) is 16.1. The Morgan fingerprint density at radius 2 is 1.43 bits per heavy atom. The summed E-state index contributed by atoms with van der Waals surface area (Å²) in [6, 6.07) is 24.5. The molecule has 1 unspecified atom stereocenters. The van der Waals surface area contributed by atoms with E-state index < -0.39 is 17.9 Å². The Morgan fingerprint density at radius 3 is 2.03 bits per heavy atom. The van der Waals surface area contributed by atoms with Crippen LogP contribution in [0.1, 0.15) is 22.0 Å². The van der Waals surface area contributed by atoms with Crippen molar-refractivity contribution < 1.29 is 19.1 Å². The van der Waals surface area contributed by atoms with Crippen molar-refractivity contribution in [3.8, 4) is 5.75 Å². The van der Waals surface area contributed by atoms with E-state index in [-0.39, 0.29) is 12.5 Å². The number of nitrogens with two attached hydrogens (primary N) is 1. The first kappa shape index (κ1) is 20.6. The van der Waals surface area contributed by atoms with Crippen molar-refractivity contribution in [2.45, 2.75) is 6.10 Å². The highest BCUT2D eigenvalue weighted by atomic mass is 16.5. The molecule has 0 spiro atoms. The molecule has 0 aliphatic heterocycles. The zero-order chi connectivity index (χ0) is 21.3. The smallest absolute Gasteiger partial charge is 0.270 e. The van der Waals surface area contributed by atoms with Gasteiger partial charge in [0.25, 0.3) is 11.8 Å². The Labute approximate surface area is 173 Å². The topological polar surface area (TPSA) is 111 Å². The van der Waals surface area contributed by atoms with Gasteiger partial charge in [0, 0.05) is 16.8 Å². The molecule has 0 radical (unpaired) electrons. The van der Waals surface area contributed by atoms with Crippen LogP contribution in [0, 0.1) is 0 Å². The minimum atomic E-state index is -0.854. The van der Waals surface area contributed by atoms with Crippen LogP contribution >= 0.6 is 0 Å². The monoisotopic (exact) mass is 403 g/mol. The minimum Gasteiger partial charge on any atom is -0.476 e. The van der Waals surface area contributed by atoms with Crippen molar-refractivity contribution in [2.24, 2.45) is 5.73 Å². The Kier molecular flexibility index (Phi) is 6.78. The second-order valence-electron chi connectivity index (χ2n) is 6.44. The van der Waals surface area contributed by atoms with Gasteiger partial charge in [0.05, 0.1) is 6.54 Å². The summed E-state index contributed by atoms with van der Waals surface area (Å²) in [7, 11) is 0. The molecule has 3 aromatic carbocycles. The molecule has 152 valence electrons. The first-order valence-electron chi connectivity index (χ1n) is 9.27. The minimum absolute atomic E-state index is 0.243. The lowest BCUT2D eigenvalue weighted by molar-refractivity contribution is -0.123. The number of hydrogen-bond donors (Lipinski definition) is 3. The lowest BCUT2D eigenvalue weighted by atomic mass is 10.1. The molecule has 3 amide bonds. The van der Waals surface area contributed by atoms with Gasteiger partial charge in [-0.3, -0.25) is 14.4 Å². The van der Waals surface area contributed by atoms with Crippen LogP contribution in [-0.4, -0.2) is 24.3 Å². The Hall–Kier alpha value is -4.13. The number of para-hydroxylation sites is 1.